The van der Waals surface area contributed by atoms with Crippen LogP contribution in [-0.4, -0.2) is 37.7 Å². The molecule has 0 fully saturated rings. The largest absolute Gasteiger partial charge is 0.490 e. The zero-order valence-corrected chi connectivity index (χ0v) is 19.6. The average Bonchev–Trinajstić information content (AvgIpc) is 3.33. The number of hydrogen-bond donors (Lipinski definition) is 2. The number of para-hydroxylation sites is 1. The highest BCUT2D eigenvalue weighted by Gasteiger charge is 2.15. The molecule has 2 aromatic carbocycles. The van der Waals surface area contributed by atoms with Crippen LogP contribution in [-0.2, 0) is 20.9 Å². The number of furan rings is 1. The van der Waals surface area contributed by atoms with Crippen molar-refractivity contribution >= 4 is 41.3 Å². The fraction of sp³-hybridized carbons (Fsp3) is 0.167. The van der Waals surface area contributed by atoms with Gasteiger partial charge in [-0.25, -0.2) is 10.2 Å². The van der Waals surface area contributed by atoms with Crippen molar-refractivity contribution in [1.29, 1.82) is 0 Å². The van der Waals surface area contributed by atoms with Gasteiger partial charge in [0.25, 0.3) is 0 Å². The standard InChI is InChI=1S/C24H22ClN3O7/c1-3-33-21-12-15(8-10-19(21)34-14-16-9-11-20(35-16)24(31)32-2)13-26-28-23(30)22(29)27-18-7-5-4-6-17(18)25/h4-13H,3,14H2,1-2H3,(H,27,29)(H,28,30). The lowest BCUT2D eigenvalue weighted by Crippen LogP contribution is -2.32. The lowest BCUT2D eigenvalue weighted by molar-refractivity contribution is -0.136. The van der Waals surface area contributed by atoms with Crippen LogP contribution in [0.25, 0.3) is 0 Å². The van der Waals surface area contributed by atoms with Crippen LogP contribution in [0.15, 0.2) is 64.1 Å². The molecule has 0 bridgehead atoms. The number of benzene rings is 2. The summed E-state index contributed by atoms with van der Waals surface area (Å²) in [6.45, 7) is 2.25. The highest BCUT2D eigenvalue weighted by Crippen LogP contribution is 2.29. The number of carbonyl (C=O) groups is 3. The topological polar surface area (TPSA) is 128 Å². The Morgan fingerprint density at radius 2 is 1.83 bits per heavy atom. The maximum atomic E-state index is 12.0. The summed E-state index contributed by atoms with van der Waals surface area (Å²) >= 11 is 5.97. The van der Waals surface area contributed by atoms with Gasteiger partial charge in [0.15, 0.2) is 11.5 Å². The van der Waals surface area contributed by atoms with E-state index in [-0.39, 0.29) is 12.4 Å². The number of nitrogens with zero attached hydrogens (tertiary/aromatic N) is 1. The van der Waals surface area contributed by atoms with Crippen LogP contribution in [0, 0.1) is 0 Å². The highest BCUT2D eigenvalue weighted by atomic mass is 35.5. The summed E-state index contributed by atoms with van der Waals surface area (Å²) in [5, 5.41) is 6.51. The van der Waals surface area contributed by atoms with E-state index < -0.39 is 17.8 Å². The van der Waals surface area contributed by atoms with E-state index in [0.717, 1.165) is 0 Å². The quantitative estimate of drug-likeness (QED) is 0.198. The SMILES string of the molecule is CCOc1cc(C=NNC(=O)C(=O)Nc2ccccc2Cl)ccc1OCc1ccc(C(=O)OC)o1. The van der Waals surface area contributed by atoms with Crippen molar-refractivity contribution in [3.63, 3.8) is 0 Å². The van der Waals surface area contributed by atoms with Crippen LogP contribution in [0.5, 0.6) is 11.5 Å². The molecule has 11 heteroatoms. The molecule has 0 aliphatic rings. The third-order valence-electron chi connectivity index (χ3n) is 4.39. The van der Waals surface area contributed by atoms with Gasteiger partial charge in [0.1, 0.15) is 12.4 Å². The van der Waals surface area contributed by atoms with Crippen molar-refractivity contribution in [2.75, 3.05) is 19.0 Å². The number of hydrogen-bond acceptors (Lipinski definition) is 8. The molecule has 10 nitrogen and oxygen atoms in total. The van der Waals surface area contributed by atoms with E-state index in [2.05, 4.69) is 20.6 Å². The Morgan fingerprint density at radius 3 is 2.57 bits per heavy atom. The molecule has 0 unspecified atom stereocenters. The van der Waals surface area contributed by atoms with Crippen LogP contribution < -0.4 is 20.2 Å². The number of esters is 1. The normalized spacial score (nSPS) is 10.6. The van der Waals surface area contributed by atoms with Gasteiger partial charge in [-0.15, -0.1) is 0 Å². The van der Waals surface area contributed by atoms with Gasteiger partial charge in [0, 0.05) is 0 Å². The first-order chi connectivity index (χ1) is 16.9. The van der Waals surface area contributed by atoms with Gasteiger partial charge in [-0.05, 0) is 55.0 Å². The Labute approximate surface area is 205 Å². The summed E-state index contributed by atoms with van der Waals surface area (Å²) in [6, 6.07) is 14.6. The number of halogens is 1. The molecule has 2 N–H and O–H groups in total. The second-order valence-corrected chi connectivity index (χ2v) is 7.23. The Hall–Kier alpha value is -4.31. The third kappa shape index (κ3) is 7.08. The summed E-state index contributed by atoms with van der Waals surface area (Å²) in [7, 11) is 1.27. The molecule has 0 radical (unpaired) electrons. The molecule has 182 valence electrons. The molecule has 0 aliphatic heterocycles. The lowest BCUT2D eigenvalue weighted by atomic mass is 10.2. The zero-order valence-electron chi connectivity index (χ0n) is 18.9. The van der Waals surface area contributed by atoms with Crippen LogP contribution >= 0.6 is 11.6 Å². The van der Waals surface area contributed by atoms with Gasteiger partial charge in [-0.3, -0.25) is 9.59 Å². The molecule has 0 saturated carbocycles. The van der Waals surface area contributed by atoms with Gasteiger partial charge in [0.05, 0.1) is 30.6 Å². The van der Waals surface area contributed by atoms with E-state index in [9.17, 15) is 14.4 Å². The van der Waals surface area contributed by atoms with E-state index in [0.29, 0.717) is 40.1 Å². The maximum absolute atomic E-state index is 12.0. The molecular weight excluding hydrogens is 478 g/mol. The number of amides is 2. The molecule has 0 spiro atoms. The highest BCUT2D eigenvalue weighted by molar-refractivity contribution is 6.41. The van der Waals surface area contributed by atoms with Crippen LogP contribution in [0.4, 0.5) is 5.69 Å². The Kier molecular flexibility index (Phi) is 8.85. The number of ether oxygens (including phenoxy) is 3. The minimum absolute atomic E-state index is 0.0567. The molecule has 35 heavy (non-hydrogen) atoms. The van der Waals surface area contributed by atoms with Crippen LogP contribution in [0.1, 0.15) is 28.8 Å². The minimum atomic E-state index is -0.962. The Bertz CT molecular complexity index is 1240. The molecule has 2 amide bonds. The summed E-state index contributed by atoms with van der Waals surface area (Å²) in [5.41, 5.74) is 3.05. The van der Waals surface area contributed by atoms with Gasteiger partial charge >= 0.3 is 17.8 Å². The summed E-state index contributed by atoms with van der Waals surface area (Å²) in [5.74, 6) is -1.09. The molecule has 1 aromatic heterocycles. The van der Waals surface area contributed by atoms with E-state index in [1.54, 1.807) is 48.5 Å². The number of methoxy groups -OCH3 is 1. The maximum Gasteiger partial charge on any atom is 0.373 e. The summed E-state index contributed by atoms with van der Waals surface area (Å²) < 4.78 is 21.4. The minimum Gasteiger partial charge on any atom is -0.490 e. The summed E-state index contributed by atoms with van der Waals surface area (Å²) in [4.78, 5) is 35.5. The zero-order chi connectivity index (χ0) is 25.2. The van der Waals surface area contributed by atoms with Gasteiger partial charge in [0.2, 0.25) is 5.76 Å². The predicted molar refractivity (Wildman–Crippen MR) is 128 cm³/mol. The summed E-state index contributed by atoms with van der Waals surface area (Å²) in [6.07, 6.45) is 1.35. The molecule has 3 rings (SSSR count). The fourth-order valence-corrected chi connectivity index (χ4v) is 2.95. The number of nitrogens with one attached hydrogen (secondary N) is 2. The molecule has 3 aromatic rings. The first-order valence-corrected chi connectivity index (χ1v) is 10.7. The Balaban J connectivity index is 1.59. The average molecular weight is 500 g/mol. The third-order valence-corrected chi connectivity index (χ3v) is 4.72. The first-order valence-electron chi connectivity index (χ1n) is 10.4. The number of hydrazone groups is 1. The van der Waals surface area contributed by atoms with Gasteiger partial charge in [-0.1, -0.05) is 23.7 Å². The molecular formula is C24H22ClN3O7. The molecule has 0 saturated heterocycles. The monoisotopic (exact) mass is 499 g/mol. The molecule has 1 heterocycles. The fourth-order valence-electron chi connectivity index (χ4n) is 2.77. The van der Waals surface area contributed by atoms with Crippen molar-refractivity contribution in [3.05, 3.63) is 76.7 Å². The number of anilines is 1. The van der Waals surface area contributed by atoms with Crippen molar-refractivity contribution < 1.29 is 33.0 Å². The lowest BCUT2D eigenvalue weighted by Gasteiger charge is -2.11. The first kappa shape index (κ1) is 25.3. The Morgan fingerprint density at radius 1 is 1.03 bits per heavy atom. The molecule has 0 atom stereocenters. The van der Waals surface area contributed by atoms with Crippen molar-refractivity contribution in [2.24, 2.45) is 5.10 Å². The van der Waals surface area contributed by atoms with E-state index in [4.69, 9.17) is 25.5 Å². The van der Waals surface area contributed by atoms with E-state index in [1.807, 2.05) is 6.92 Å². The van der Waals surface area contributed by atoms with Crippen molar-refractivity contribution in [1.82, 2.24) is 5.43 Å². The number of rotatable bonds is 9. The van der Waals surface area contributed by atoms with E-state index in [1.165, 1.54) is 19.4 Å². The molecule has 0 aliphatic carbocycles. The van der Waals surface area contributed by atoms with Crippen molar-refractivity contribution in [3.8, 4) is 11.5 Å². The second kappa shape index (κ2) is 12.2. The van der Waals surface area contributed by atoms with Gasteiger partial charge < -0.3 is 23.9 Å². The van der Waals surface area contributed by atoms with Crippen LogP contribution in [0.2, 0.25) is 5.02 Å². The van der Waals surface area contributed by atoms with Gasteiger partial charge in [-0.2, -0.15) is 5.10 Å². The smallest absolute Gasteiger partial charge is 0.373 e. The van der Waals surface area contributed by atoms with E-state index >= 15 is 0 Å². The number of carbonyl (C=O) groups excluding carboxylic acids is 3. The predicted octanol–water partition coefficient (Wildman–Crippen LogP) is 3.79. The second-order valence-electron chi connectivity index (χ2n) is 6.82. The van der Waals surface area contributed by atoms with Crippen LogP contribution in [0.3, 0.4) is 0 Å². The van der Waals surface area contributed by atoms with Crippen molar-refractivity contribution in [2.45, 2.75) is 13.5 Å².